The first-order valence-electron chi connectivity index (χ1n) is 7.61. The molecule has 4 heteroatoms. The highest BCUT2D eigenvalue weighted by atomic mass is 16.5. The Hall–Kier alpha value is -0.610. The van der Waals surface area contributed by atoms with Crippen molar-refractivity contribution in [3.8, 4) is 0 Å². The molecule has 0 aromatic carbocycles. The number of carbonyl (C=O) groups is 1. The summed E-state index contributed by atoms with van der Waals surface area (Å²) in [6.07, 6.45) is 8.81. The van der Waals surface area contributed by atoms with Gasteiger partial charge in [-0.25, -0.2) is 4.79 Å². The number of hydrogen-bond acceptors (Lipinski definition) is 4. The standard InChI is InChI=1S/C15H28N2O2/c1-16-15(12-9-10-12,14(18)19-3)11-17(2)13-7-5-4-6-8-13/h12-13,16H,4-11H2,1-3H3. The Morgan fingerprint density at radius 3 is 2.37 bits per heavy atom. The van der Waals surface area contributed by atoms with Crippen LogP contribution >= 0.6 is 0 Å². The molecule has 1 unspecified atom stereocenters. The Balaban J connectivity index is 2.04. The quantitative estimate of drug-likeness (QED) is 0.746. The molecule has 0 bridgehead atoms. The SMILES string of the molecule is CNC(CN(C)C1CCCCC1)(C(=O)OC)C1CC1. The number of carbonyl (C=O) groups excluding carboxylic acids is 1. The van der Waals surface area contributed by atoms with Crippen molar-refractivity contribution in [2.45, 2.75) is 56.5 Å². The molecule has 2 rings (SSSR count). The first kappa shape index (κ1) is 14.8. The van der Waals surface area contributed by atoms with Crippen molar-refractivity contribution in [3.63, 3.8) is 0 Å². The van der Waals surface area contributed by atoms with Crippen molar-refractivity contribution >= 4 is 5.97 Å². The van der Waals surface area contributed by atoms with E-state index in [4.69, 9.17) is 4.74 Å². The molecule has 1 N–H and O–H groups in total. The normalized spacial score (nSPS) is 24.2. The van der Waals surface area contributed by atoms with Gasteiger partial charge in [-0.05, 0) is 45.7 Å². The Morgan fingerprint density at radius 1 is 1.26 bits per heavy atom. The van der Waals surface area contributed by atoms with Crippen LogP contribution in [0.4, 0.5) is 0 Å². The van der Waals surface area contributed by atoms with Crippen LogP contribution in [0, 0.1) is 5.92 Å². The van der Waals surface area contributed by atoms with E-state index in [1.54, 1.807) is 0 Å². The fraction of sp³-hybridized carbons (Fsp3) is 0.933. The fourth-order valence-electron chi connectivity index (χ4n) is 3.55. The second-order valence-corrected chi connectivity index (χ2v) is 6.19. The Bertz CT molecular complexity index is 311. The molecule has 2 saturated carbocycles. The zero-order chi connectivity index (χ0) is 13.9. The molecule has 110 valence electrons. The molecule has 0 spiro atoms. The lowest BCUT2D eigenvalue weighted by Gasteiger charge is -2.39. The third-order valence-corrected chi connectivity index (χ3v) is 4.97. The summed E-state index contributed by atoms with van der Waals surface area (Å²) >= 11 is 0. The molecule has 0 radical (unpaired) electrons. The lowest BCUT2D eigenvalue weighted by Crippen LogP contribution is -2.60. The van der Waals surface area contributed by atoms with Gasteiger partial charge in [0.15, 0.2) is 0 Å². The van der Waals surface area contributed by atoms with Crippen molar-refractivity contribution < 1.29 is 9.53 Å². The molecule has 0 aromatic heterocycles. The van der Waals surface area contributed by atoms with E-state index < -0.39 is 5.54 Å². The van der Waals surface area contributed by atoms with Crippen molar-refractivity contribution in [2.24, 2.45) is 5.92 Å². The van der Waals surface area contributed by atoms with Crippen LogP contribution in [0.1, 0.15) is 44.9 Å². The molecule has 2 fully saturated rings. The van der Waals surface area contributed by atoms with Crippen LogP contribution in [-0.2, 0) is 9.53 Å². The molecular formula is C15H28N2O2. The fourth-order valence-corrected chi connectivity index (χ4v) is 3.55. The van der Waals surface area contributed by atoms with Gasteiger partial charge in [0.05, 0.1) is 7.11 Å². The van der Waals surface area contributed by atoms with E-state index in [9.17, 15) is 4.79 Å². The minimum absolute atomic E-state index is 0.0971. The van der Waals surface area contributed by atoms with E-state index in [-0.39, 0.29) is 5.97 Å². The van der Waals surface area contributed by atoms with E-state index in [0.717, 1.165) is 19.4 Å². The van der Waals surface area contributed by atoms with Gasteiger partial charge in [-0.3, -0.25) is 0 Å². The molecule has 0 aromatic rings. The van der Waals surface area contributed by atoms with Crippen molar-refractivity contribution in [1.82, 2.24) is 10.2 Å². The minimum atomic E-state index is -0.499. The molecule has 1 atom stereocenters. The zero-order valence-corrected chi connectivity index (χ0v) is 12.6. The van der Waals surface area contributed by atoms with Gasteiger partial charge < -0.3 is 15.0 Å². The predicted octanol–water partition coefficient (Wildman–Crippen LogP) is 1.79. The minimum Gasteiger partial charge on any atom is -0.468 e. The zero-order valence-electron chi connectivity index (χ0n) is 12.6. The number of ether oxygens (including phenoxy) is 1. The van der Waals surface area contributed by atoms with Gasteiger partial charge in [0.1, 0.15) is 5.54 Å². The van der Waals surface area contributed by atoms with Gasteiger partial charge in [-0.1, -0.05) is 19.3 Å². The number of rotatable bonds is 6. The summed E-state index contributed by atoms with van der Waals surface area (Å²) in [6, 6.07) is 0.630. The largest absolute Gasteiger partial charge is 0.468 e. The van der Waals surface area contributed by atoms with E-state index in [2.05, 4.69) is 17.3 Å². The average molecular weight is 268 g/mol. The molecule has 2 aliphatic rings. The summed E-state index contributed by atoms with van der Waals surface area (Å²) in [6.45, 7) is 0.769. The van der Waals surface area contributed by atoms with Crippen LogP contribution < -0.4 is 5.32 Å². The van der Waals surface area contributed by atoms with Crippen LogP contribution in [0.25, 0.3) is 0 Å². The lowest BCUT2D eigenvalue weighted by molar-refractivity contribution is -0.150. The maximum Gasteiger partial charge on any atom is 0.327 e. The third kappa shape index (κ3) is 3.11. The van der Waals surface area contributed by atoms with E-state index >= 15 is 0 Å². The second-order valence-electron chi connectivity index (χ2n) is 6.19. The highest BCUT2D eigenvalue weighted by Crippen LogP contribution is 2.41. The molecule has 0 saturated heterocycles. The lowest BCUT2D eigenvalue weighted by atomic mass is 9.89. The number of hydrogen-bond donors (Lipinski definition) is 1. The number of methoxy groups -OCH3 is 1. The van der Waals surface area contributed by atoms with Gasteiger partial charge in [0.2, 0.25) is 0 Å². The average Bonchev–Trinajstić information content (AvgIpc) is 3.29. The molecule has 19 heavy (non-hydrogen) atoms. The first-order chi connectivity index (χ1) is 9.14. The van der Waals surface area contributed by atoms with Crippen molar-refractivity contribution in [3.05, 3.63) is 0 Å². The molecule has 0 amide bonds. The van der Waals surface area contributed by atoms with Crippen LogP contribution in [0.2, 0.25) is 0 Å². The number of likely N-dealkylation sites (N-methyl/N-ethyl adjacent to an activating group) is 2. The molecular weight excluding hydrogens is 240 g/mol. The van der Waals surface area contributed by atoms with E-state index in [1.165, 1.54) is 39.2 Å². The summed E-state index contributed by atoms with van der Waals surface area (Å²) < 4.78 is 5.07. The highest BCUT2D eigenvalue weighted by Gasteiger charge is 2.51. The van der Waals surface area contributed by atoms with Gasteiger partial charge >= 0.3 is 5.97 Å². The van der Waals surface area contributed by atoms with Gasteiger partial charge in [0.25, 0.3) is 0 Å². The van der Waals surface area contributed by atoms with Crippen LogP contribution in [0.5, 0.6) is 0 Å². The Kier molecular flexibility index (Phi) is 4.85. The summed E-state index contributed by atoms with van der Waals surface area (Å²) in [5.74, 6) is 0.344. The summed E-state index contributed by atoms with van der Waals surface area (Å²) in [4.78, 5) is 14.6. The van der Waals surface area contributed by atoms with Gasteiger partial charge in [-0.2, -0.15) is 0 Å². The first-order valence-corrected chi connectivity index (χ1v) is 7.61. The summed E-state index contributed by atoms with van der Waals surface area (Å²) in [5.41, 5.74) is -0.499. The van der Waals surface area contributed by atoms with Gasteiger partial charge in [-0.15, -0.1) is 0 Å². The van der Waals surface area contributed by atoms with E-state index in [1.807, 2.05) is 7.05 Å². The Morgan fingerprint density at radius 2 is 1.89 bits per heavy atom. The number of esters is 1. The second kappa shape index (κ2) is 6.23. The summed E-state index contributed by atoms with van der Waals surface area (Å²) in [5, 5.41) is 3.28. The maximum atomic E-state index is 12.3. The molecule has 4 nitrogen and oxygen atoms in total. The van der Waals surface area contributed by atoms with Crippen LogP contribution in [-0.4, -0.2) is 50.2 Å². The third-order valence-electron chi connectivity index (χ3n) is 4.97. The molecule has 0 heterocycles. The van der Waals surface area contributed by atoms with Crippen LogP contribution in [0.15, 0.2) is 0 Å². The number of nitrogens with one attached hydrogen (secondary N) is 1. The topological polar surface area (TPSA) is 41.6 Å². The maximum absolute atomic E-state index is 12.3. The predicted molar refractivity (Wildman–Crippen MR) is 76.0 cm³/mol. The number of nitrogens with zero attached hydrogens (tertiary/aromatic N) is 1. The van der Waals surface area contributed by atoms with Crippen LogP contribution in [0.3, 0.4) is 0 Å². The molecule has 2 aliphatic carbocycles. The monoisotopic (exact) mass is 268 g/mol. The smallest absolute Gasteiger partial charge is 0.327 e. The van der Waals surface area contributed by atoms with Crippen molar-refractivity contribution in [2.75, 3.05) is 27.7 Å². The summed E-state index contributed by atoms with van der Waals surface area (Å²) in [7, 11) is 5.55. The van der Waals surface area contributed by atoms with Crippen molar-refractivity contribution in [1.29, 1.82) is 0 Å². The van der Waals surface area contributed by atoms with E-state index in [0.29, 0.717) is 12.0 Å². The van der Waals surface area contributed by atoms with Gasteiger partial charge in [0, 0.05) is 12.6 Å². The Labute approximate surface area is 116 Å². The molecule has 0 aliphatic heterocycles. The highest BCUT2D eigenvalue weighted by molar-refractivity contribution is 5.82.